The number of thioether (sulfide) groups is 1. The van der Waals surface area contributed by atoms with E-state index in [1.807, 2.05) is 6.20 Å². The number of hydrogen-bond donors (Lipinski definition) is 3. The zero-order chi connectivity index (χ0) is 19.6. The SMILES string of the molecule is Nc1nc(SCCC2CCC(N3CC(c4ncnc5[nH]ccc45)C=N3)CC2)n[nH]1. The van der Waals surface area contributed by atoms with Gasteiger partial charge in [0, 0.05) is 36.1 Å². The molecule has 4 heterocycles. The molecule has 152 valence electrons. The molecule has 3 aromatic heterocycles. The number of aromatic nitrogens is 6. The van der Waals surface area contributed by atoms with E-state index in [4.69, 9.17) is 10.8 Å². The van der Waals surface area contributed by atoms with Crippen LogP contribution in [0.2, 0.25) is 0 Å². The van der Waals surface area contributed by atoms with Crippen LogP contribution < -0.4 is 5.73 Å². The molecule has 3 aromatic rings. The summed E-state index contributed by atoms with van der Waals surface area (Å²) in [7, 11) is 0. The number of hydrogen-bond acceptors (Lipinski definition) is 8. The first-order valence-corrected chi connectivity index (χ1v) is 11.1. The molecule has 9 nitrogen and oxygen atoms in total. The van der Waals surface area contributed by atoms with Crippen molar-refractivity contribution in [1.82, 2.24) is 35.1 Å². The lowest BCUT2D eigenvalue weighted by Crippen LogP contribution is -2.34. The standard InChI is InChI=1S/C19H25N9S/c20-18-25-19(27-26-18)29-8-6-12-1-3-14(4-2-12)28-10-13(9-24-28)16-15-5-7-21-17(15)23-11-22-16/h5,7,9,11-14H,1-4,6,8,10H2,(H,21,22,23)(H3,20,25,26,27). The molecule has 0 radical (unpaired) electrons. The fourth-order valence-electron chi connectivity index (χ4n) is 4.42. The van der Waals surface area contributed by atoms with Crippen molar-refractivity contribution in [1.29, 1.82) is 0 Å². The number of aromatic amines is 2. The van der Waals surface area contributed by atoms with E-state index in [1.165, 1.54) is 32.1 Å². The van der Waals surface area contributed by atoms with Crippen molar-refractivity contribution in [3.63, 3.8) is 0 Å². The average Bonchev–Trinajstić information content (AvgIpc) is 3.49. The van der Waals surface area contributed by atoms with Crippen molar-refractivity contribution in [2.75, 3.05) is 18.0 Å². The Morgan fingerprint density at radius 1 is 1.21 bits per heavy atom. The first-order valence-electron chi connectivity index (χ1n) is 10.2. The number of nitrogen functional groups attached to an aromatic ring is 1. The van der Waals surface area contributed by atoms with Gasteiger partial charge in [-0.3, -0.25) is 5.01 Å². The second-order valence-electron chi connectivity index (χ2n) is 7.81. The molecule has 0 saturated heterocycles. The second-order valence-corrected chi connectivity index (χ2v) is 8.87. The molecule has 4 N–H and O–H groups in total. The van der Waals surface area contributed by atoms with Crippen LogP contribution in [0.5, 0.6) is 0 Å². The second kappa shape index (κ2) is 8.02. The van der Waals surface area contributed by atoms with Crippen LogP contribution in [0.25, 0.3) is 11.0 Å². The van der Waals surface area contributed by atoms with Crippen LogP contribution in [-0.2, 0) is 0 Å². The first kappa shape index (κ1) is 18.4. The van der Waals surface area contributed by atoms with Crippen LogP contribution in [0.15, 0.2) is 28.8 Å². The van der Waals surface area contributed by atoms with Gasteiger partial charge in [-0.05, 0) is 44.1 Å². The van der Waals surface area contributed by atoms with Gasteiger partial charge in [0.1, 0.15) is 12.0 Å². The molecule has 0 spiro atoms. The van der Waals surface area contributed by atoms with Gasteiger partial charge in [0.15, 0.2) is 0 Å². The molecule has 1 aliphatic carbocycles. The number of hydrazone groups is 1. The summed E-state index contributed by atoms with van der Waals surface area (Å²) in [6.45, 7) is 0.911. The highest BCUT2D eigenvalue weighted by Crippen LogP contribution is 2.34. The lowest BCUT2D eigenvalue weighted by molar-refractivity contribution is 0.149. The molecular weight excluding hydrogens is 386 g/mol. The Kier molecular flexibility index (Phi) is 5.09. The van der Waals surface area contributed by atoms with Gasteiger partial charge in [-0.1, -0.05) is 11.8 Å². The molecule has 1 aliphatic heterocycles. The van der Waals surface area contributed by atoms with Crippen LogP contribution in [0, 0.1) is 5.92 Å². The molecular formula is C19H25N9S. The van der Waals surface area contributed by atoms with E-state index in [9.17, 15) is 0 Å². The zero-order valence-electron chi connectivity index (χ0n) is 16.2. The molecule has 1 atom stereocenters. The molecule has 0 aromatic carbocycles. The highest BCUT2D eigenvalue weighted by atomic mass is 32.2. The Morgan fingerprint density at radius 2 is 2.10 bits per heavy atom. The maximum Gasteiger partial charge on any atom is 0.216 e. The Hall–Kier alpha value is -2.62. The first-order chi connectivity index (χ1) is 14.3. The van der Waals surface area contributed by atoms with Crippen molar-refractivity contribution in [3.05, 3.63) is 24.3 Å². The van der Waals surface area contributed by atoms with Crippen LogP contribution >= 0.6 is 11.8 Å². The van der Waals surface area contributed by atoms with Crippen molar-refractivity contribution in [3.8, 4) is 0 Å². The van der Waals surface area contributed by atoms with Gasteiger partial charge in [0.25, 0.3) is 0 Å². The number of anilines is 1. The normalized spacial score (nSPS) is 24.6. The fourth-order valence-corrected chi connectivity index (χ4v) is 5.33. The van der Waals surface area contributed by atoms with Gasteiger partial charge in [-0.2, -0.15) is 10.1 Å². The lowest BCUT2D eigenvalue weighted by atomic mass is 9.84. The predicted octanol–water partition coefficient (Wildman–Crippen LogP) is 2.78. The topological polar surface area (TPSA) is 125 Å². The maximum atomic E-state index is 5.57. The van der Waals surface area contributed by atoms with E-state index in [-0.39, 0.29) is 5.92 Å². The molecule has 29 heavy (non-hydrogen) atoms. The Balaban J connectivity index is 1.10. The maximum absolute atomic E-state index is 5.57. The third-order valence-electron chi connectivity index (χ3n) is 5.99. The molecule has 1 fully saturated rings. The molecule has 2 aliphatic rings. The summed E-state index contributed by atoms with van der Waals surface area (Å²) in [4.78, 5) is 16.1. The minimum absolute atomic E-state index is 0.235. The largest absolute Gasteiger partial charge is 0.368 e. The number of nitrogens with two attached hydrogens (primary N) is 1. The molecule has 1 unspecified atom stereocenters. The summed E-state index contributed by atoms with van der Waals surface area (Å²) in [6.07, 6.45) is 11.7. The van der Waals surface area contributed by atoms with Gasteiger partial charge >= 0.3 is 0 Å². The Bertz CT molecular complexity index is 988. The van der Waals surface area contributed by atoms with Gasteiger partial charge < -0.3 is 10.7 Å². The van der Waals surface area contributed by atoms with E-state index < -0.39 is 0 Å². The van der Waals surface area contributed by atoms with Crippen molar-refractivity contribution < 1.29 is 0 Å². The Morgan fingerprint density at radius 3 is 2.93 bits per heavy atom. The van der Waals surface area contributed by atoms with Crippen LogP contribution in [-0.4, -0.2) is 59.7 Å². The third-order valence-corrected chi connectivity index (χ3v) is 6.87. The highest BCUT2D eigenvalue weighted by Gasteiger charge is 2.30. The van der Waals surface area contributed by atoms with Gasteiger partial charge in [0.2, 0.25) is 11.1 Å². The van der Waals surface area contributed by atoms with E-state index in [0.29, 0.717) is 12.0 Å². The predicted molar refractivity (Wildman–Crippen MR) is 114 cm³/mol. The number of nitrogens with zero attached hydrogens (tertiary/aromatic N) is 6. The summed E-state index contributed by atoms with van der Waals surface area (Å²) >= 11 is 1.68. The fraction of sp³-hybridized carbons (Fsp3) is 0.526. The van der Waals surface area contributed by atoms with Crippen LogP contribution in [0.3, 0.4) is 0 Å². The minimum atomic E-state index is 0.235. The minimum Gasteiger partial charge on any atom is -0.368 e. The summed E-state index contributed by atoms with van der Waals surface area (Å²) < 4.78 is 0. The molecule has 0 amide bonds. The van der Waals surface area contributed by atoms with E-state index in [0.717, 1.165) is 40.1 Å². The Labute approximate surface area is 173 Å². The number of nitrogens with one attached hydrogen (secondary N) is 2. The number of rotatable bonds is 6. The summed E-state index contributed by atoms with van der Waals surface area (Å²) in [5.41, 5.74) is 7.54. The van der Waals surface area contributed by atoms with Crippen LogP contribution in [0.4, 0.5) is 5.95 Å². The summed E-state index contributed by atoms with van der Waals surface area (Å²) in [6, 6.07) is 2.59. The van der Waals surface area contributed by atoms with E-state index in [1.54, 1.807) is 18.1 Å². The van der Waals surface area contributed by atoms with Crippen molar-refractivity contribution >= 4 is 35.0 Å². The lowest BCUT2D eigenvalue weighted by Gasteiger charge is -2.34. The van der Waals surface area contributed by atoms with Crippen molar-refractivity contribution in [2.45, 2.75) is 49.2 Å². The smallest absolute Gasteiger partial charge is 0.216 e. The van der Waals surface area contributed by atoms with Gasteiger partial charge in [0.05, 0.1) is 11.6 Å². The van der Waals surface area contributed by atoms with Gasteiger partial charge in [-0.25, -0.2) is 15.1 Å². The monoisotopic (exact) mass is 411 g/mol. The van der Waals surface area contributed by atoms with E-state index >= 15 is 0 Å². The third kappa shape index (κ3) is 3.93. The average molecular weight is 412 g/mol. The molecule has 0 bridgehead atoms. The summed E-state index contributed by atoms with van der Waals surface area (Å²) in [5.74, 6) is 2.44. The van der Waals surface area contributed by atoms with Crippen LogP contribution in [0.1, 0.15) is 43.7 Å². The molecule has 5 rings (SSSR count). The van der Waals surface area contributed by atoms with Crippen molar-refractivity contribution in [2.24, 2.45) is 11.0 Å². The van der Waals surface area contributed by atoms with E-state index in [2.05, 4.69) is 47.4 Å². The summed E-state index contributed by atoms with van der Waals surface area (Å²) in [5, 5.41) is 15.6. The molecule has 1 saturated carbocycles. The number of fused-ring (bicyclic) bond motifs is 1. The van der Waals surface area contributed by atoms with Gasteiger partial charge in [-0.15, -0.1) is 5.10 Å². The highest BCUT2D eigenvalue weighted by molar-refractivity contribution is 7.99. The number of H-pyrrole nitrogens is 2. The quantitative estimate of drug-likeness (QED) is 0.533. The molecule has 10 heteroatoms. The zero-order valence-corrected chi connectivity index (χ0v) is 17.0.